The van der Waals surface area contributed by atoms with E-state index in [-0.39, 0.29) is 11.8 Å². The lowest BCUT2D eigenvalue weighted by Gasteiger charge is -2.10. The Labute approximate surface area is 114 Å². The van der Waals surface area contributed by atoms with Crippen molar-refractivity contribution in [2.45, 2.75) is 13.0 Å². The van der Waals surface area contributed by atoms with Crippen LogP contribution in [0.1, 0.15) is 17.9 Å². The third-order valence-corrected chi connectivity index (χ3v) is 3.24. The molecule has 98 valence electrons. The molecule has 2 rings (SSSR count). The van der Waals surface area contributed by atoms with Crippen molar-refractivity contribution in [2.75, 3.05) is 0 Å². The summed E-state index contributed by atoms with van der Waals surface area (Å²) in [6.45, 7) is 1.35. The van der Waals surface area contributed by atoms with Gasteiger partial charge in [-0.2, -0.15) is 0 Å². The van der Waals surface area contributed by atoms with E-state index in [9.17, 15) is 9.18 Å². The zero-order valence-corrected chi connectivity index (χ0v) is 11.1. The van der Waals surface area contributed by atoms with Crippen LogP contribution >= 0.6 is 11.3 Å². The molecule has 0 amide bonds. The average molecular weight is 277 g/mol. The molecule has 1 unspecified atom stereocenters. The number of nitrogens with zero attached hydrogens (tertiary/aromatic N) is 1. The van der Waals surface area contributed by atoms with E-state index in [1.165, 1.54) is 30.4 Å². The van der Waals surface area contributed by atoms with Crippen LogP contribution < -0.4 is 0 Å². The highest BCUT2D eigenvalue weighted by Gasteiger charge is 2.13. The molecule has 0 aliphatic heterocycles. The number of hydrogen-bond donors (Lipinski definition) is 0. The fourth-order valence-corrected chi connectivity index (χ4v) is 2.19. The summed E-state index contributed by atoms with van der Waals surface area (Å²) < 4.78 is 17.9. The zero-order valence-electron chi connectivity index (χ0n) is 10.2. The minimum absolute atomic E-state index is 0.311. The minimum Gasteiger partial charge on any atom is -0.451 e. The van der Waals surface area contributed by atoms with E-state index in [0.29, 0.717) is 5.69 Å². The third kappa shape index (κ3) is 3.99. The molecule has 0 aliphatic carbocycles. The summed E-state index contributed by atoms with van der Waals surface area (Å²) in [5.41, 5.74) is 0.607. The predicted molar refractivity (Wildman–Crippen MR) is 73.4 cm³/mol. The summed E-state index contributed by atoms with van der Waals surface area (Å²) in [6.07, 6.45) is 1.03. The van der Waals surface area contributed by atoms with Crippen LogP contribution in [0.4, 0.5) is 10.1 Å². The van der Waals surface area contributed by atoms with Gasteiger partial charge >= 0.3 is 5.97 Å². The van der Waals surface area contributed by atoms with Crippen molar-refractivity contribution >= 4 is 29.2 Å². The first-order valence-electron chi connectivity index (χ1n) is 5.65. The fourth-order valence-electron chi connectivity index (χ4n) is 1.47. The molecule has 0 saturated carbocycles. The maximum absolute atomic E-state index is 12.8. The maximum Gasteiger partial charge on any atom is 0.303 e. The molecule has 0 fully saturated rings. The molecule has 19 heavy (non-hydrogen) atoms. The second-order valence-electron chi connectivity index (χ2n) is 3.80. The Bertz CT molecular complexity index is 564. The van der Waals surface area contributed by atoms with Gasteiger partial charge < -0.3 is 4.74 Å². The van der Waals surface area contributed by atoms with Crippen LogP contribution in [-0.4, -0.2) is 12.2 Å². The molecule has 5 heteroatoms. The smallest absolute Gasteiger partial charge is 0.303 e. The van der Waals surface area contributed by atoms with Crippen LogP contribution in [0.25, 0.3) is 0 Å². The van der Waals surface area contributed by atoms with Crippen LogP contribution in [0.2, 0.25) is 0 Å². The first kappa shape index (κ1) is 13.4. The molecule has 0 N–H and O–H groups in total. The average Bonchev–Trinajstić information content (AvgIpc) is 2.90. The highest BCUT2D eigenvalue weighted by atomic mass is 32.1. The topological polar surface area (TPSA) is 38.7 Å². The molecule has 0 aliphatic rings. The Morgan fingerprint density at radius 3 is 2.68 bits per heavy atom. The van der Waals surface area contributed by atoms with E-state index in [4.69, 9.17) is 4.74 Å². The standard InChI is InChI=1S/C14H12FNO2S/c1-10(17)18-13(14-3-2-8-19-14)9-16-12-6-4-11(15)5-7-12/h2-9,13H,1H3. The van der Waals surface area contributed by atoms with Crippen molar-refractivity contribution < 1.29 is 13.9 Å². The van der Waals surface area contributed by atoms with Gasteiger partial charge in [-0.15, -0.1) is 11.3 Å². The van der Waals surface area contributed by atoms with Gasteiger partial charge in [0, 0.05) is 6.92 Å². The Hall–Kier alpha value is -2.01. The summed E-state index contributed by atoms with van der Waals surface area (Å²) in [5, 5.41) is 1.90. The second-order valence-corrected chi connectivity index (χ2v) is 4.78. The van der Waals surface area contributed by atoms with Gasteiger partial charge in [0.25, 0.3) is 0 Å². The lowest BCUT2D eigenvalue weighted by Crippen LogP contribution is -2.08. The van der Waals surface area contributed by atoms with Crippen molar-refractivity contribution in [3.8, 4) is 0 Å². The Morgan fingerprint density at radius 2 is 2.11 bits per heavy atom. The van der Waals surface area contributed by atoms with E-state index in [2.05, 4.69) is 4.99 Å². The molecule has 1 atom stereocenters. The Kier molecular flexibility index (Phi) is 4.41. The molecule has 2 aromatic rings. The number of ether oxygens (including phenoxy) is 1. The summed E-state index contributed by atoms with van der Waals surface area (Å²) in [4.78, 5) is 16.2. The van der Waals surface area contributed by atoms with Gasteiger partial charge in [-0.05, 0) is 35.7 Å². The Morgan fingerprint density at radius 1 is 1.37 bits per heavy atom. The molecule has 0 bridgehead atoms. The number of carbonyl (C=O) groups excluding carboxylic acids is 1. The zero-order chi connectivity index (χ0) is 13.7. The van der Waals surface area contributed by atoms with Gasteiger partial charge in [0.1, 0.15) is 5.82 Å². The normalized spacial score (nSPS) is 12.5. The molecule has 0 radical (unpaired) electrons. The van der Waals surface area contributed by atoms with Crippen LogP contribution in [-0.2, 0) is 9.53 Å². The van der Waals surface area contributed by atoms with Crippen molar-refractivity contribution in [3.63, 3.8) is 0 Å². The van der Waals surface area contributed by atoms with E-state index in [0.717, 1.165) is 4.88 Å². The van der Waals surface area contributed by atoms with Gasteiger partial charge in [-0.25, -0.2) is 4.39 Å². The maximum atomic E-state index is 12.8. The molecule has 3 nitrogen and oxygen atoms in total. The highest BCUT2D eigenvalue weighted by molar-refractivity contribution is 7.10. The van der Waals surface area contributed by atoms with Gasteiger partial charge in [0.15, 0.2) is 6.10 Å². The van der Waals surface area contributed by atoms with Crippen LogP contribution in [0.5, 0.6) is 0 Å². The highest BCUT2D eigenvalue weighted by Crippen LogP contribution is 2.22. The lowest BCUT2D eigenvalue weighted by atomic mass is 10.3. The number of benzene rings is 1. The summed E-state index contributed by atoms with van der Waals surface area (Å²) >= 11 is 1.48. The molecule has 0 saturated heterocycles. The van der Waals surface area contributed by atoms with Crippen LogP contribution in [0.3, 0.4) is 0 Å². The quantitative estimate of drug-likeness (QED) is 0.628. The third-order valence-electron chi connectivity index (χ3n) is 2.30. The molecular weight excluding hydrogens is 265 g/mol. The first-order valence-corrected chi connectivity index (χ1v) is 6.53. The van der Waals surface area contributed by atoms with Gasteiger partial charge in [0.05, 0.1) is 16.8 Å². The van der Waals surface area contributed by atoms with Crippen LogP contribution in [0, 0.1) is 5.82 Å². The summed E-state index contributed by atoms with van der Waals surface area (Å²) in [5.74, 6) is -0.683. The largest absolute Gasteiger partial charge is 0.451 e. The van der Waals surface area contributed by atoms with E-state index >= 15 is 0 Å². The van der Waals surface area contributed by atoms with Crippen LogP contribution in [0.15, 0.2) is 46.8 Å². The van der Waals surface area contributed by atoms with Crippen molar-refractivity contribution in [2.24, 2.45) is 4.99 Å². The first-order chi connectivity index (χ1) is 9.15. The van der Waals surface area contributed by atoms with Gasteiger partial charge in [-0.3, -0.25) is 9.79 Å². The Balaban J connectivity index is 2.15. The van der Waals surface area contributed by atoms with E-state index in [1.54, 1.807) is 18.3 Å². The van der Waals surface area contributed by atoms with Crippen molar-refractivity contribution in [3.05, 3.63) is 52.5 Å². The van der Waals surface area contributed by atoms with E-state index < -0.39 is 6.10 Å². The second kappa shape index (κ2) is 6.24. The van der Waals surface area contributed by atoms with E-state index in [1.807, 2.05) is 17.5 Å². The number of thiophene rings is 1. The van der Waals surface area contributed by atoms with Gasteiger partial charge in [0.2, 0.25) is 0 Å². The number of halogens is 1. The molecular formula is C14H12FNO2S. The number of aliphatic imine (C=N–C) groups is 1. The molecule has 0 spiro atoms. The monoisotopic (exact) mass is 277 g/mol. The summed E-state index contributed by atoms with van der Waals surface area (Å²) in [6, 6.07) is 9.53. The minimum atomic E-state index is -0.512. The number of esters is 1. The lowest BCUT2D eigenvalue weighted by molar-refractivity contribution is -0.143. The SMILES string of the molecule is CC(=O)OC(C=Nc1ccc(F)cc1)c1cccs1. The fraction of sp³-hybridized carbons (Fsp3) is 0.143. The molecule has 1 aromatic carbocycles. The number of rotatable bonds is 4. The van der Waals surface area contributed by atoms with Crippen molar-refractivity contribution in [1.82, 2.24) is 0 Å². The number of carbonyl (C=O) groups is 1. The van der Waals surface area contributed by atoms with Gasteiger partial charge in [-0.1, -0.05) is 6.07 Å². The molecule has 1 heterocycles. The van der Waals surface area contributed by atoms with Crippen molar-refractivity contribution in [1.29, 1.82) is 0 Å². The summed E-state index contributed by atoms with van der Waals surface area (Å²) in [7, 11) is 0. The molecule has 1 aromatic heterocycles. The number of hydrogen-bond acceptors (Lipinski definition) is 4. The predicted octanol–water partition coefficient (Wildman–Crippen LogP) is 3.89.